The normalized spacial score (nSPS) is 15.9. The average molecular weight is 361 g/mol. The number of carbonyl (C=O) groups is 3. The van der Waals surface area contributed by atoms with Crippen LogP contribution in [-0.4, -0.2) is 50.6 Å². The zero-order valence-corrected chi connectivity index (χ0v) is 15.6. The van der Waals surface area contributed by atoms with Crippen molar-refractivity contribution in [1.82, 2.24) is 4.90 Å². The second kappa shape index (κ2) is 7.59. The Kier molecular flexibility index (Phi) is 5.69. The van der Waals surface area contributed by atoms with E-state index >= 15 is 0 Å². The zero-order chi connectivity index (χ0) is 19.5. The number of esters is 2. The first-order chi connectivity index (χ1) is 12.3. The molecule has 26 heavy (non-hydrogen) atoms. The van der Waals surface area contributed by atoms with Crippen LogP contribution in [-0.2, 0) is 30.3 Å². The summed E-state index contributed by atoms with van der Waals surface area (Å²) < 4.78 is 14.9. The summed E-state index contributed by atoms with van der Waals surface area (Å²) in [6, 6.07) is 7.42. The molecule has 7 nitrogen and oxygen atoms in total. The van der Waals surface area contributed by atoms with Crippen LogP contribution in [0.15, 0.2) is 35.5 Å². The number of carbonyl (C=O) groups excluding carboxylic acids is 3. The maximum atomic E-state index is 12.9. The number of methoxy groups -OCH3 is 3. The van der Waals surface area contributed by atoms with Crippen LogP contribution in [0.1, 0.15) is 19.4 Å². The van der Waals surface area contributed by atoms with E-state index in [1.165, 1.54) is 19.1 Å². The van der Waals surface area contributed by atoms with Crippen LogP contribution in [0, 0.1) is 5.41 Å². The Hall–Kier alpha value is -2.83. The molecule has 1 amide bonds. The summed E-state index contributed by atoms with van der Waals surface area (Å²) in [5.74, 6) is -1.13. The average Bonchev–Trinajstić information content (AvgIpc) is 2.85. The minimum atomic E-state index is -1.18. The molecule has 7 heteroatoms. The topological polar surface area (TPSA) is 82.1 Å². The molecule has 1 aliphatic heterocycles. The Morgan fingerprint density at radius 1 is 1.04 bits per heavy atom. The van der Waals surface area contributed by atoms with E-state index in [0.717, 1.165) is 5.56 Å². The van der Waals surface area contributed by atoms with Gasteiger partial charge in [0.2, 0.25) is 5.91 Å². The fraction of sp³-hybridized carbons (Fsp3) is 0.421. The largest absolute Gasteiger partial charge is 0.496 e. The third-order valence-electron chi connectivity index (χ3n) is 4.48. The number of ether oxygens (including phenoxy) is 3. The van der Waals surface area contributed by atoms with Crippen molar-refractivity contribution < 1.29 is 28.6 Å². The number of benzene rings is 1. The van der Waals surface area contributed by atoms with Gasteiger partial charge in [-0.1, -0.05) is 18.2 Å². The van der Waals surface area contributed by atoms with E-state index in [4.69, 9.17) is 14.2 Å². The lowest BCUT2D eigenvalue weighted by atomic mass is 9.85. The predicted molar refractivity (Wildman–Crippen MR) is 93.3 cm³/mol. The molecule has 0 atom stereocenters. The first kappa shape index (κ1) is 19.5. The molecule has 0 saturated heterocycles. The maximum Gasteiger partial charge on any atom is 0.355 e. The van der Waals surface area contributed by atoms with E-state index in [1.54, 1.807) is 21.0 Å². The molecule has 0 spiro atoms. The van der Waals surface area contributed by atoms with Crippen LogP contribution in [0.4, 0.5) is 0 Å². The van der Waals surface area contributed by atoms with E-state index in [0.29, 0.717) is 12.2 Å². The van der Waals surface area contributed by atoms with Gasteiger partial charge >= 0.3 is 11.9 Å². The van der Waals surface area contributed by atoms with Gasteiger partial charge in [-0.15, -0.1) is 0 Å². The van der Waals surface area contributed by atoms with Gasteiger partial charge in [0.1, 0.15) is 11.4 Å². The van der Waals surface area contributed by atoms with Crippen molar-refractivity contribution in [2.45, 2.75) is 20.3 Å². The lowest BCUT2D eigenvalue weighted by Crippen LogP contribution is -2.36. The molecule has 0 aliphatic carbocycles. The Morgan fingerprint density at radius 2 is 1.65 bits per heavy atom. The van der Waals surface area contributed by atoms with Gasteiger partial charge in [0.15, 0.2) is 0 Å². The van der Waals surface area contributed by atoms with E-state index in [2.05, 4.69) is 0 Å². The summed E-state index contributed by atoms with van der Waals surface area (Å²) in [6.07, 6.45) is 0.445. The van der Waals surface area contributed by atoms with Crippen molar-refractivity contribution in [1.29, 1.82) is 0 Å². The Bertz CT molecular complexity index is 765. The summed E-state index contributed by atoms with van der Waals surface area (Å²) in [5, 5.41) is 0. The molecular weight excluding hydrogens is 338 g/mol. The fourth-order valence-corrected chi connectivity index (χ4v) is 3.09. The molecule has 0 N–H and O–H groups in total. The summed E-state index contributed by atoms with van der Waals surface area (Å²) >= 11 is 0. The van der Waals surface area contributed by atoms with Crippen molar-refractivity contribution in [3.05, 3.63) is 41.1 Å². The van der Waals surface area contributed by atoms with Crippen LogP contribution in [0.5, 0.6) is 5.75 Å². The highest BCUT2D eigenvalue weighted by Crippen LogP contribution is 2.41. The number of hydrogen-bond donors (Lipinski definition) is 0. The van der Waals surface area contributed by atoms with Crippen molar-refractivity contribution in [2.24, 2.45) is 5.41 Å². The maximum absolute atomic E-state index is 12.9. The first-order valence-electron chi connectivity index (χ1n) is 8.14. The lowest BCUT2D eigenvalue weighted by Gasteiger charge is -2.22. The van der Waals surface area contributed by atoms with E-state index < -0.39 is 17.4 Å². The number of para-hydroxylation sites is 1. The minimum absolute atomic E-state index is 0.0110. The monoisotopic (exact) mass is 361 g/mol. The zero-order valence-electron chi connectivity index (χ0n) is 15.6. The van der Waals surface area contributed by atoms with Gasteiger partial charge in [0, 0.05) is 6.54 Å². The van der Waals surface area contributed by atoms with Crippen LogP contribution < -0.4 is 4.74 Å². The van der Waals surface area contributed by atoms with Crippen molar-refractivity contribution in [2.75, 3.05) is 27.9 Å². The molecule has 140 valence electrons. The van der Waals surface area contributed by atoms with Gasteiger partial charge in [0.25, 0.3) is 0 Å². The summed E-state index contributed by atoms with van der Waals surface area (Å²) in [7, 11) is 3.98. The van der Waals surface area contributed by atoms with Gasteiger partial charge in [-0.25, -0.2) is 9.59 Å². The molecule has 0 radical (unpaired) electrons. The van der Waals surface area contributed by atoms with E-state index in [9.17, 15) is 14.4 Å². The number of amides is 1. The van der Waals surface area contributed by atoms with Crippen molar-refractivity contribution in [3.8, 4) is 5.75 Å². The van der Waals surface area contributed by atoms with Crippen LogP contribution in [0.2, 0.25) is 0 Å². The third-order valence-corrected chi connectivity index (χ3v) is 4.48. The highest BCUT2D eigenvalue weighted by Gasteiger charge is 2.51. The standard InChI is InChI=1S/C19H23NO6/c1-19(2)14(16(21)25-4)15(17(22)26-5)20(18(19)23)11-10-12-8-6-7-9-13(12)24-3/h6-9H,10-11H2,1-5H3. The van der Waals surface area contributed by atoms with Gasteiger partial charge in [-0.2, -0.15) is 0 Å². The van der Waals surface area contributed by atoms with Crippen LogP contribution in [0.25, 0.3) is 0 Å². The van der Waals surface area contributed by atoms with Crippen molar-refractivity contribution in [3.63, 3.8) is 0 Å². The van der Waals surface area contributed by atoms with E-state index in [1.807, 2.05) is 24.3 Å². The second-order valence-electron chi connectivity index (χ2n) is 6.35. The molecule has 1 heterocycles. The number of hydrogen-bond acceptors (Lipinski definition) is 6. The summed E-state index contributed by atoms with van der Waals surface area (Å²) in [5.41, 5.74) is -0.352. The lowest BCUT2D eigenvalue weighted by molar-refractivity contribution is -0.142. The second-order valence-corrected chi connectivity index (χ2v) is 6.35. The van der Waals surface area contributed by atoms with Crippen LogP contribution >= 0.6 is 0 Å². The molecule has 0 aromatic heterocycles. The molecule has 0 unspecified atom stereocenters. The third kappa shape index (κ3) is 3.29. The molecule has 0 fully saturated rings. The summed E-state index contributed by atoms with van der Waals surface area (Å²) in [4.78, 5) is 38.8. The highest BCUT2D eigenvalue weighted by atomic mass is 16.5. The van der Waals surface area contributed by atoms with E-state index in [-0.39, 0.29) is 23.7 Å². The Balaban J connectivity index is 2.42. The number of rotatable bonds is 6. The number of nitrogens with zero attached hydrogens (tertiary/aromatic N) is 1. The van der Waals surface area contributed by atoms with Gasteiger partial charge in [0.05, 0.1) is 32.3 Å². The Labute approximate surface area is 152 Å². The first-order valence-corrected chi connectivity index (χ1v) is 8.14. The van der Waals surface area contributed by atoms with Crippen LogP contribution in [0.3, 0.4) is 0 Å². The SMILES string of the molecule is COC(=O)C1=C(C(=O)OC)C(C)(C)C(=O)N1CCc1ccccc1OC. The molecule has 2 rings (SSSR count). The molecular formula is C19H23NO6. The van der Waals surface area contributed by atoms with Gasteiger partial charge < -0.3 is 19.1 Å². The minimum Gasteiger partial charge on any atom is -0.496 e. The molecule has 1 aromatic rings. The Morgan fingerprint density at radius 3 is 2.23 bits per heavy atom. The molecule has 1 aliphatic rings. The quantitative estimate of drug-likeness (QED) is 0.718. The summed E-state index contributed by atoms with van der Waals surface area (Å²) in [6.45, 7) is 3.38. The van der Waals surface area contributed by atoms with Gasteiger partial charge in [-0.05, 0) is 31.9 Å². The smallest absolute Gasteiger partial charge is 0.355 e. The molecule has 1 aromatic carbocycles. The molecule has 0 saturated carbocycles. The van der Waals surface area contributed by atoms with Gasteiger partial charge in [-0.3, -0.25) is 4.79 Å². The van der Waals surface area contributed by atoms with Crippen molar-refractivity contribution >= 4 is 17.8 Å². The fourth-order valence-electron chi connectivity index (χ4n) is 3.09. The predicted octanol–water partition coefficient (Wildman–Crippen LogP) is 1.71. The highest BCUT2D eigenvalue weighted by molar-refractivity contribution is 6.12. The molecule has 0 bridgehead atoms.